The van der Waals surface area contributed by atoms with Crippen LogP contribution in [0.25, 0.3) is 0 Å². The van der Waals surface area contributed by atoms with E-state index in [2.05, 4.69) is 19.9 Å². The summed E-state index contributed by atoms with van der Waals surface area (Å²) in [6, 6.07) is 1.81. The highest BCUT2D eigenvalue weighted by Gasteiger charge is 1.98. The minimum absolute atomic E-state index is 0.744. The molecule has 0 aliphatic carbocycles. The van der Waals surface area contributed by atoms with Gasteiger partial charge in [0.05, 0.1) is 5.75 Å². The Balaban J connectivity index is 1.94. The average molecular weight is 192 g/mol. The fraction of sp³-hybridized carbons (Fsp3) is 0.125. The van der Waals surface area contributed by atoms with E-state index < -0.39 is 0 Å². The molecule has 2 rings (SSSR count). The monoisotopic (exact) mass is 192 g/mol. The quantitative estimate of drug-likeness (QED) is 0.748. The summed E-state index contributed by atoms with van der Waals surface area (Å²) in [7, 11) is 0. The van der Waals surface area contributed by atoms with Crippen LogP contribution in [0.5, 0.6) is 0 Å². The third kappa shape index (κ3) is 2.29. The predicted molar refractivity (Wildman–Crippen MR) is 50.2 cm³/mol. The Morgan fingerprint density at radius 2 is 2.00 bits per heavy atom. The molecule has 0 aliphatic rings. The van der Waals surface area contributed by atoms with Crippen molar-refractivity contribution in [3.8, 4) is 0 Å². The van der Waals surface area contributed by atoms with E-state index in [1.54, 1.807) is 42.6 Å². The largest absolute Gasteiger partial charge is 0.340 e. The van der Waals surface area contributed by atoms with E-state index in [0.29, 0.717) is 0 Å². The first-order valence-electron chi connectivity index (χ1n) is 3.83. The highest BCUT2D eigenvalue weighted by Crippen LogP contribution is 2.15. The molecule has 5 heteroatoms. The zero-order valence-corrected chi connectivity index (χ0v) is 7.66. The van der Waals surface area contributed by atoms with E-state index in [1.165, 1.54) is 0 Å². The maximum absolute atomic E-state index is 4.10. The van der Waals surface area contributed by atoms with Crippen LogP contribution in [-0.4, -0.2) is 19.9 Å². The standard InChI is InChI=1S/C8H8N4S/c1-2-9-7(10-3-1)6-13-8-11-4-5-12-8/h1-5H,6H2,(H,11,12). The molecule has 1 N–H and O–H groups in total. The molecule has 66 valence electrons. The van der Waals surface area contributed by atoms with Gasteiger partial charge in [-0.1, -0.05) is 11.8 Å². The van der Waals surface area contributed by atoms with Gasteiger partial charge in [-0.3, -0.25) is 0 Å². The lowest BCUT2D eigenvalue weighted by atomic mass is 10.6. The normalized spacial score (nSPS) is 10.2. The summed E-state index contributed by atoms with van der Waals surface area (Å²) in [6.45, 7) is 0. The van der Waals surface area contributed by atoms with E-state index in [0.717, 1.165) is 16.7 Å². The van der Waals surface area contributed by atoms with Gasteiger partial charge in [0, 0.05) is 24.8 Å². The predicted octanol–water partition coefficient (Wildman–Crippen LogP) is 1.49. The fourth-order valence-electron chi connectivity index (χ4n) is 0.867. The van der Waals surface area contributed by atoms with Gasteiger partial charge in [-0.25, -0.2) is 15.0 Å². The van der Waals surface area contributed by atoms with Gasteiger partial charge in [0.1, 0.15) is 5.82 Å². The molecule has 0 aliphatic heterocycles. The first kappa shape index (κ1) is 8.25. The minimum Gasteiger partial charge on any atom is -0.340 e. The van der Waals surface area contributed by atoms with Gasteiger partial charge in [0.2, 0.25) is 0 Å². The van der Waals surface area contributed by atoms with Gasteiger partial charge in [-0.2, -0.15) is 0 Å². The molecule has 2 aromatic heterocycles. The molecule has 0 radical (unpaired) electrons. The lowest BCUT2D eigenvalue weighted by Gasteiger charge is -1.95. The van der Waals surface area contributed by atoms with Crippen molar-refractivity contribution in [1.82, 2.24) is 19.9 Å². The molecular weight excluding hydrogens is 184 g/mol. The first-order valence-corrected chi connectivity index (χ1v) is 4.82. The van der Waals surface area contributed by atoms with Gasteiger partial charge in [0.25, 0.3) is 0 Å². The maximum atomic E-state index is 4.10. The van der Waals surface area contributed by atoms with Crippen LogP contribution in [0.15, 0.2) is 36.0 Å². The second kappa shape index (κ2) is 4.04. The van der Waals surface area contributed by atoms with Crippen LogP contribution in [0, 0.1) is 0 Å². The van der Waals surface area contributed by atoms with Crippen LogP contribution >= 0.6 is 11.8 Å². The zero-order chi connectivity index (χ0) is 8.93. The Labute approximate surface area is 79.8 Å². The Morgan fingerprint density at radius 3 is 2.69 bits per heavy atom. The zero-order valence-electron chi connectivity index (χ0n) is 6.84. The summed E-state index contributed by atoms with van der Waals surface area (Å²) in [5.41, 5.74) is 0. The van der Waals surface area contributed by atoms with Gasteiger partial charge in [-0.15, -0.1) is 0 Å². The third-order valence-corrected chi connectivity index (χ3v) is 2.33. The molecule has 0 amide bonds. The number of rotatable bonds is 3. The highest BCUT2D eigenvalue weighted by atomic mass is 32.2. The third-order valence-electron chi connectivity index (χ3n) is 1.43. The second-order valence-electron chi connectivity index (χ2n) is 2.35. The summed E-state index contributed by atoms with van der Waals surface area (Å²) in [4.78, 5) is 15.3. The molecule has 0 saturated heterocycles. The molecule has 2 heterocycles. The van der Waals surface area contributed by atoms with Crippen LogP contribution in [0.4, 0.5) is 0 Å². The molecule has 0 spiro atoms. The van der Waals surface area contributed by atoms with Crippen molar-refractivity contribution in [2.24, 2.45) is 0 Å². The average Bonchev–Trinajstić information content (AvgIpc) is 2.69. The summed E-state index contributed by atoms with van der Waals surface area (Å²) >= 11 is 1.59. The van der Waals surface area contributed by atoms with Crippen LogP contribution in [-0.2, 0) is 5.75 Å². The van der Waals surface area contributed by atoms with E-state index in [1.807, 2.05) is 0 Å². The molecule has 0 bridgehead atoms. The van der Waals surface area contributed by atoms with Crippen LogP contribution in [0.3, 0.4) is 0 Å². The number of imidazole rings is 1. The lowest BCUT2D eigenvalue weighted by Crippen LogP contribution is -1.89. The Bertz CT molecular complexity index is 346. The SMILES string of the molecule is c1cnc(CSc2ncc[nH]2)nc1. The molecular formula is C8H8N4S. The van der Waals surface area contributed by atoms with Crippen LogP contribution < -0.4 is 0 Å². The van der Waals surface area contributed by atoms with E-state index in [9.17, 15) is 0 Å². The summed E-state index contributed by atoms with van der Waals surface area (Å²) in [5.74, 6) is 1.57. The Kier molecular flexibility index (Phi) is 2.56. The molecule has 13 heavy (non-hydrogen) atoms. The van der Waals surface area contributed by atoms with E-state index in [4.69, 9.17) is 0 Å². The summed E-state index contributed by atoms with van der Waals surface area (Å²) in [6.07, 6.45) is 7.01. The van der Waals surface area contributed by atoms with Crippen molar-refractivity contribution in [3.05, 3.63) is 36.7 Å². The molecule has 0 atom stereocenters. The molecule has 0 unspecified atom stereocenters. The Hall–Kier alpha value is -1.36. The second-order valence-corrected chi connectivity index (χ2v) is 3.31. The number of nitrogens with zero attached hydrogens (tertiary/aromatic N) is 3. The minimum atomic E-state index is 0.744. The maximum Gasteiger partial charge on any atom is 0.165 e. The number of hydrogen-bond donors (Lipinski definition) is 1. The fourth-order valence-corrected chi connectivity index (χ4v) is 1.57. The van der Waals surface area contributed by atoms with Crippen molar-refractivity contribution < 1.29 is 0 Å². The lowest BCUT2D eigenvalue weighted by molar-refractivity contribution is 1.01. The van der Waals surface area contributed by atoms with E-state index in [-0.39, 0.29) is 0 Å². The number of H-pyrrole nitrogens is 1. The van der Waals surface area contributed by atoms with Crippen LogP contribution in [0.2, 0.25) is 0 Å². The number of nitrogens with one attached hydrogen (secondary N) is 1. The molecule has 4 nitrogen and oxygen atoms in total. The smallest absolute Gasteiger partial charge is 0.165 e. The van der Waals surface area contributed by atoms with Crippen molar-refractivity contribution >= 4 is 11.8 Å². The summed E-state index contributed by atoms with van der Waals surface area (Å²) in [5, 5.41) is 0.896. The number of aromatic nitrogens is 4. The first-order chi connectivity index (χ1) is 6.45. The molecule has 2 aromatic rings. The van der Waals surface area contributed by atoms with Crippen molar-refractivity contribution in [1.29, 1.82) is 0 Å². The number of thioether (sulfide) groups is 1. The Morgan fingerprint density at radius 1 is 1.15 bits per heavy atom. The van der Waals surface area contributed by atoms with Gasteiger partial charge >= 0.3 is 0 Å². The molecule has 0 fully saturated rings. The molecule has 0 aromatic carbocycles. The van der Waals surface area contributed by atoms with Crippen molar-refractivity contribution in [3.63, 3.8) is 0 Å². The molecule has 0 saturated carbocycles. The van der Waals surface area contributed by atoms with E-state index >= 15 is 0 Å². The summed E-state index contributed by atoms with van der Waals surface area (Å²) < 4.78 is 0. The van der Waals surface area contributed by atoms with Crippen LogP contribution in [0.1, 0.15) is 5.82 Å². The van der Waals surface area contributed by atoms with Gasteiger partial charge < -0.3 is 4.98 Å². The van der Waals surface area contributed by atoms with Gasteiger partial charge in [0.15, 0.2) is 5.16 Å². The number of aromatic amines is 1. The van der Waals surface area contributed by atoms with Crippen molar-refractivity contribution in [2.75, 3.05) is 0 Å². The highest BCUT2D eigenvalue weighted by molar-refractivity contribution is 7.98. The van der Waals surface area contributed by atoms with Crippen molar-refractivity contribution in [2.45, 2.75) is 10.9 Å². The van der Waals surface area contributed by atoms with Gasteiger partial charge in [-0.05, 0) is 6.07 Å². The topological polar surface area (TPSA) is 54.5 Å². The number of hydrogen-bond acceptors (Lipinski definition) is 4.